The lowest BCUT2D eigenvalue weighted by molar-refractivity contribution is 0.585. The second-order valence-electron chi connectivity index (χ2n) is 4.44. The summed E-state index contributed by atoms with van der Waals surface area (Å²) >= 11 is 0. The third kappa shape index (κ3) is 2.48. The summed E-state index contributed by atoms with van der Waals surface area (Å²) in [7, 11) is 0. The smallest absolute Gasteiger partial charge is 0.172 e. The van der Waals surface area contributed by atoms with Crippen molar-refractivity contribution in [2.24, 2.45) is 0 Å². The normalized spacial score (nSPS) is 15.5. The molecule has 98 valence electrons. The van der Waals surface area contributed by atoms with Crippen LogP contribution in [0.15, 0.2) is 30.7 Å². The zero-order valence-electron chi connectivity index (χ0n) is 10.6. The lowest BCUT2D eigenvalue weighted by atomic mass is 10.2. The fourth-order valence-electron chi connectivity index (χ4n) is 2.16. The van der Waals surface area contributed by atoms with Crippen molar-refractivity contribution in [2.75, 3.05) is 36.8 Å². The van der Waals surface area contributed by atoms with Crippen LogP contribution in [0, 0.1) is 0 Å². The van der Waals surface area contributed by atoms with Gasteiger partial charge in [0.05, 0.1) is 11.9 Å². The largest absolute Gasteiger partial charge is 0.381 e. The minimum absolute atomic E-state index is 0.486. The standard InChI is InChI=1S/C13H16N6/c14-12-13(19-7-5-16-6-8-19)18-11(9-17-12)10-1-3-15-4-2-10/h1-4,9,16H,5-8H2,(H2,14,17). The van der Waals surface area contributed by atoms with Gasteiger partial charge in [0.25, 0.3) is 0 Å². The van der Waals surface area contributed by atoms with E-state index in [9.17, 15) is 0 Å². The Hall–Kier alpha value is -2.21. The molecule has 19 heavy (non-hydrogen) atoms. The summed E-state index contributed by atoms with van der Waals surface area (Å²) < 4.78 is 0. The number of pyridine rings is 1. The van der Waals surface area contributed by atoms with E-state index in [0.29, 0.717) is 5.82 Å². The van der Waals surface area contributed by atoms with Crippen LogP contribution in [0.2, 0.25) is 0 Å². The van der Waals surface area contributed by atoms with Crippen LogP contribution in [0.1, 0.15) is 0 Å². The highest BCUT2D eigenvalue weighted by Gasteiger charge is 2.16. The minimum atomic E-state index is 0.486. The van der Waals surface area contributed by atoms with Crippen LogP contribution in [0.5, 0.6) is 0 Å². The maximum Gasteiger partial charge on any atom is 0.172 e. The summed E-state index contributed by atoms with van der Waals surface area (Å²) in [5, 5.41) is 3.31. The number of nitrogens with two attached hydrogens (primary N) is 1. The molecule has 0 radical (unpaired) electrons. The molecule has 2 aromatic rings. The molecule has 1 saturated heterocycles. The predicted octanol–water partition coefficient (Wildman–Crippen LogP) is 0.530. The monoisotopic (exact) mass is 256 g/mol. The van der Waals surface area contributed by atoms with Crippen molar-refractivity contribution < 1.29 is 0 Å². The van der Waals surface area contributed by atoms with E-state index in [1.165, 1.54) is 0 Å². The molecule has 1 aliphatic heterocycles. The van der Waals surface area contributed by atoms with Crippen molar-refractivity contribution in [3.8, 4) is 11.3 Å². The van der Waals surface area contributed by atoms with E-state index in [2.05, 4.69) is 25.2 Å². The highest BCUT2D eigenvalue weighted by Crippen LogP contribution is 2.23. The van der Waals surface area contributed by atoms with Gasteiger partial charge in [-0.2, -0.15) is 0 Å². The maximum atomic E-state index is 5.95. The first kappa shape index (κ1) is 11.9. The van der Waals surface area contributed by atoms with Gasteiger partial charge in [-0.1, -0.05) is 0 Å². The number of hydrogen-bond donors (Lipinski definition) is 2. The van der Waals surface area contributed by atoms with Gasteiger partial charge in [0.1, 0.15) is 0 Å². The van der Waals surface area contributed by atoms with Gasteiger partial charge in [-0.25, -0.2) is 9.97 Å². The second kappa shape index (κ2) is 5.19. The van der Waals surface area contributed by atoms with Crippen LogP contribution >= 0.6 is 0 Å². The minimum Gasteiger partial charge on any atom is -0.381 e. The average molecular weight is 256 g/mol. The van der Waals surface area contributed by atoms with Crippen molar-refractivity contribution in [1.82, 2.24) is 20.3 Å². The van der Waals surface area contributed by atoms with Gasteiger partial charge in [0.2, 0.25) is 0 Å². The maximum absolute atomic E-state index is 5.95. The lowest BCUT2D eigenvalue weighted by Gasteiger charge is -2.29. The van der Waals surface area contributed by atoms with E-state index in [1.54, 1.807) is 18.6 Å². The Balaban J connectivity index is 1.96. The van der Waals surface area contributed by atoms with Crippen LogP contribution in [-0.2, 0) is 0 Å². The van der Waals surface area contributed by atoms with Gasteiger partial charge < -0.3 is 16.0 Å². The quantitative estimate of drug-likeness (QED) is 0.816. The zero-order valence-corrected chi connectivity index (χ0v) is 10.6. The Morgan fingerprint density at radius 3 is 2.63 bits per heavy atom. The predicted molar refractivity (Wildman–Crippen MR) is 74.8 cm³/mol. The zero-order chi connectivity index (χ0) is 13.1. The topological polar surface area (TPSA) is 80.0 Å². The molecule has 3 heterocycles. The third-order valence-electron chi connectivity index (χ3n) is 3.17. The first-order valence-electron chi connectivity index (χ1n) is 6.33. The number of hydrogen-bond acceptors (Lipinski definition) is 6. The van der Waals surface area contributed by atoms with Crippen LogP contribution in [0.3, 0.4) is 0 Å². The molecule has 2 aromatic heterocycles. The molecule has 0 aliphatic carbocycles. The highest BCUT2D eigenvalue weighted by atomic mass is 15.2. The summed E-state index contributed by atoms with van der Waals surface area (Å²) in [6.07, 6.45) is 5.20. The molecule has 6 nitrogen and oxygen atoms in total. The van der Waals surface area contributed by atoms with Crippen molar-refractivity contribution in [3.63, 3.8) is 0 Å². The Labute approximate surface area is 111 Å². The second-order valence-corrected chi connectivity index (χ2v) is 4.44. The van der Waals surface area contributed by atoms with Gasteiger partial charge >= 0.3 is 0 Å². The fraction of sp³-hybridized carbons (Fsp3) is 0.308. The molecule has 3 rings (SSSR count). The van der Waals surface area contributed by atoms with Gasteiger partial charge in [0, 0.05) is 44.1 Å². The van der Waals surface area contributed by atoms with Gasteiger partial charge in [-0.3, -0.25) is 4.98 Å². The summed E-state index contributed by atoms with van der Waals surface area (Å²) in [6, 6.07) is 3.84. The van der Waals surface area contributed by atoms with Gasteiger partial charge in [-0.15, -0.1) is 0 Å². The van der Waals surface area contributed by atoms with E-state index in [4.69, 9.17) is 5.73 Å². The van der Waals surface area contributed by atoms with Gasteiger partial charge in [-0.05, 0) is 12.1 Å². The number of aromatic nitrogens is 3. The first-order chi connectivity index (χ1) is 9.34. The Bertz CT molecular complexity index is 550. The molecule has 0 unspecified atom stereocenters. The molecule has 3 N–H and O–H groups in total. The third-order valence-corrected chi connectivity index (χ3v) is 3.17. The number of nitrogen functional groups attached to an aromatic ring is 1. The molecule has 0 amide bonds. The van der Waals surface area contributed by atoms with Crippen LogP contribution < -0.4 is 16.0 Å². The van der Waals surface area contributed by atoms with E-state index in [-0.39, 0.29) is 0 Å². The highest BCUT2D eigenvalue weighted by molar-refractivity contribution is 5.65. The molecule has 0 saturated carbocycles. The summed E-state index contributed by atoms with van der Waals surface area (Å²) in [4.78, 5) is 15.1. The van der Waals surface area contributed by atoms with E-state index in [1.807, 2.05) is 12.1 Å². The summed E-state index contributed by atoms with van der Waals surface area (Å²) in [5.74, 6) is 1.26. The number of rotatable bonds is 2. The summed E-state index contributed by atoms with van der Waals surface area (Å²) in [6.45, 7) is 3.69. The molecular formula is C13H16N6. The van der Waals surface area contributed by atoms with Crippen molar-refractivity contribution >= 4 is 11.6 Å². The molecule has 0 spiro atoms. The van der Waals surface area contributed by atoms with Crippen LogP contribution in [0.25, 0.3) is 11.3 Å². The van der Waals surface area contributed by atoms with Crippen LogP contribution in [-0.4, -0.2) is 41.1 Å². The molecule has 6 heteroatoms. The summed E-state index contributed by atoms with van der Waals surface area (Å²) in [5.41, 5.74) is 7.77. The fourth-order valence-corrected chi connectivity index (χ4v) is 2.16. The van der Waals surface area contributed by atoms with Crippen molar-refractivity contribution in [3.05, 3.63) is 30.7 Å². The molecular weight excluding hydrogens is 240 g/mol. The van der Waals surface area contributed by atoms with Crippen LogP contribution in [0.4, 0.5) is 11.6 Å². The Morgan fingerprint density at radius 1 is 1.16 bits per heavy atom. The average Bonchev–Trinajstić information content (AvgIpc) is 2.49. The number of nitrogens with one attached hydrogen (secondary N) is 1. The van der Waals surface area contributed by atoms with E-state index >= 15 is 0 Å². The molecule has 0 atom stereocenters. The number of nitrogens with zero attached hydrogens (tertiary/aromatic N) is 4. The Morgan fingerprint density at radius 2 is 1.89 bits per heavy atom. The molecule has 1 fully saturated rings. The SMILES string of the molecule is Nc1ncc(-c2ccncc2)nc1N1CCNCC1. The van der Waals surface area contributed by atoms with E-state index < -0.39 is 0 Å². The van der Waals surface area contributed by atoms with E-state index in [0.717, 1.165) is 43.3 Å². The van der Waals surface area contributed by atoms with Crippen molar-refractivity contribution in [2.45, 2.75) is 0 Å². The van der Waals surface area contributed by atoms with Crippen molar-refractivity contribution in [1.29, 1.82) is 0 Å². The molecule has 0 bridgehead atoms. The lowest BCUT2D eigenvalue weighted by Crippen LogP contribution is -2.44. The molecule has 1 aliphatic rings. The number of anilines is 2. The number of piperazine rings is 1. The molecule has 0 aromatic carbocycles. The first-order valence-corrected chi connectivity index (χ1v) is 6.33. The Kier molecular flexibility index (Phi) is 3.24. The van der Waals surface area contributed by atoms with Gasteiger partial charge in [0.15, 0.2) is 11.6 Å².